The molecule has 0 bridgehead atoms. The average Bonchev–Trinajstić information content (AvgIpc) is 2.52. The van der Waals surface area contributed by atoms with Crippen molar-refractivity contribution in [2.45, 2.75) is 12.8 Å². The predicted molar refractivity (Wildman–Crippen MR) is 94.9 cm³/mol. The number of carboxylic acid groups (broad SMARTS) is 2. The molecule has 2 rings (SSSR count). The van der Waals surface area contributed by atoms with Crippen LogP contribution in [0.1, 0.15) is 17.5 Å². The summed E-state index contributed by atoms with van der Waals surface area (Å²) in [5, 5.41) is 18.8. The number of hydrogen-bond donors (Lipinski definition) is 2. The molecule has 24 heavy (non-hydrogen) atoms. The molecule has 0 aliphatic rings. The van der Waals surface area contributed by atoms with E-state index < -0.39 is 11.9 Å². The Bertz CT molecular complexity index is 697. The molecular formula is C18H16Na2O4. The first kappa shape index (κ1) is 23.1. The SMILES string of the molecule is O=C(O)/C(CCc1ccccc1)=C(\C(=O)O)c1ccccc1.[Na].[Na]. The van der Waals surface area contributed by atoms with Crippen molar-refractivity contribution in [3.63, 3.8) is 0 Å². The molecule has 114 valence electrons. The number of aryl methyl sites for hydroxylation is 1. The van der Waals surface area contributed by atoms with Gasteiger partial charge < -0.3 is 10.2 Å². The number of aliphatic carboxylic acids is 2. The van der Waals surface area contributed by atoms with Crippen molar-refractivity contribution < 1.29 is 19.8 Å². The molecule has 4 nitrogen and oxygen atoms in total. The third-order valence-electron chi connectivity index (χ3n) is 3.34. The first-order valence-corrected chi connectivity index (χ1v) is 6.88. The number of carboxylic acids is 2. The van der Waals surface area contributed by atoms with E-state index in [9.17, 15) is 19.8 Å². The van der Waals surface area contributed by atoms with Crippen LogP contribution in [0.3, 0.4) is 0 Å². The van der Waals surface area contributed by atoms with Gasteiger partial charge in [0, 0.05) is 59.1 Å². The molecule has 2 N–H and O–H groups in total. The molecule has 0 spiro atoms. The number of rotatable bonds is 6. The smallest absolute Gasteiger partial charge is 0.336 e. The molecule has 0 unspecified atom stereocenters. The quantitative estimate of drug-likeness (QED) is 0.625. The largest absolute Gasteiger partial charge is 0.478 e. The topological polar surface area (TPSA) is 74.6 Å². The predicted octanol–water partition coefficient (Wildman–Crippen LogP) is 2.48. The Morgan fingerprint density at radius 1 is 0.750 bits per heavy atom. The summed E-state index contributed by atoms with van der Waals surface area (Å²) in [7, 11) is 0. The van der Waals surface area contributed by atoms with Gasteiger partial charge in [-0.2, -0.15) is 0 Å². The monoisotopic (exact) mass is 342 g/mol. The van der Waals surface area contributed by atoms with Gasteiger partial charge in [0.15, 0.2) is 0 Å². The maximum atomic E-state index is 11.5. The van der Waals surface area contributed by atoms with Crippen LogP contribution in [0.4, 0.5) is 0 Å². The van der Waals surface area contributed by atoms with Gasteiger partial charge in [0.25, 0.3) is 0 Å². The zero-order valence-corrected chi connectivity index (χ0v) is 17.9. The molecule has 2 radical (unpaired) electrons. The minimum absolute atomic E-state index is 0. The van der Waals surface area contributed by atoms with Crippen molar-refractivity contribution in [3.05, 3.63) is 77.4 Å². The van der Waals surface area contributed by atoms with Crippen LogP contribution in [0.15, 0.2) is 66.2 Å². The van der Waals surface area contributed by atoms with E-state index in [-0.39, 0.29) is 76.7 Å². The summed E-state index contributed by atoms with van der Waals surface area (Å²) in [5.41, 5.74) is 1.14. The van der Waals surface area contributed by atoms with Gasteiger partial charge in [0.05, 0.1) is 11.1 Å². The molecule has 0 aromatic heterocycles. The van der Waals surface area contributed by atoms with Crippen molar-refractivity contribution in [2.75, 3.05) is 0 Å². The molecule has 6 heteroatoms. The van der Waals surface area contributed by atoms with E-state index in [4.69, 9.17) is 0 Å². The van der Waals surface area contributed by atoms with Crippen molar-refractivity contribution in [1.29, 1.82) is 0 Å². The van der Waals surface area contributed by atoms with Gasteiger partial charge in [0.2, 0.25) is 0 Å². The van der Waals surface area contributed by atoms with E-state index in [1.165, 1.54) is 0 Å². The van der Waals surface area contributed by atoms with Crippen LogP contribution in [0, 0.1) is 0 Å². The molecule has 0 saturated carbocycles. The molecule has 0 heterocycles. The summed E-state index contributed by atoms with van der Waals surface area (Å²) in [6.45, 7) is 0. The van der Waals surface area contributed by atoms with Gasteiger partial charge >= 0.3 is 11.9 Å². The molecule has 0 fully saturated rings. The van der Waals surface area contributed by atoms with Gasteiger partial charge in [-0.3, -0.25) is 0 Å². The van der Waals surface area contributed by atoms with Gasteiger partial charge in [-0.15, -0.1) is 0 Å². The maximum absolute atomic E-state index is 11.5. The van der Waals surface area contributed by atoms with Crippen LogP contribution >= 0.6 is 0 Å². The Morgan fingerprint density at radius 3 is 1.71 bits per heavy atom. The minimum atomic E-state index is -1.23. The first-order chi connectivity index (χ1) is 10.6. The second kappa shape index (κ2) is 11.6. The van der Waals surface area contributed by atoms with Crippen molar-refractivity contribution >= 4 is 76.6 Å². The zero-order chi connectivity index (χ0) is 15.9. The molecule has 0 atom stereocenters. The Balaban J connectivity index is 0.00000264. The average molecular weight is 342 g/mol. The summed E-state index contributed by atoms with van der Waals surface area (Å²) in [6, 6.07) is 17.7. The molecule has 2 aromatic carbocycles. The standard InChI is InChI=1S/C18H16O4.2Na/c19-17(20)15(12-11-13-7-3-1-4-8-13)16(18(21)22)14-9-5-2-6-10-14;;/h1-10H,11-12H2,(H,19,20)(H,21,22);;/b16-15-;;. The summed E-state index contributed by atoms with van der Waals surface area (Å²) in [5.74, 6) is -2.42. The van der Waals surface area contributed by atoms with E-state index in [2.05, 4.69) is 0 Å². The van der Waals surface area contributed by atoms with E-state index in [1.54, 1.807) is 30.3 Å². The van der Waals surface area contributed by atoms with E-state index in [0.717, 1.165) is 5.56 Å². The second-order valence-corrected chi connectivity index (χ2v) is 4.82. The zero-order valence-electron chi connectivity index (χ0n) is 13.9. The molecule has 0 aliphatic carbocycles. The summed E-state index contributed by atoms with van der Waals surface area (Å²) in [4.78, 5) is 23.1. The summed E-state index contributed by atoms with van der Waals surface area (Å²) in [6.07, 6.45) is 0.641. The third kappa shape index (κ3) is 6.55. The number of benzene rings is 2. The summed E-state index contributed by atoms with van der Waals surface area (Å²) >= 11 is 0. The molecule has 2 aromatic rings. The molecule has 0 saturated heterocycles. The third-order valence-corrected chi connectivity index (χ3v) is 3.34. The van der Waals surface area contributed by atoms with Crippen LogP contribution in [-0.2, 0) is 16.0 Å². The van der Waals surface area contributed by atoms with Gasteiger partial charge in [-0.25, -0.2) is 9.59 Å². The van der Waals surface area contributed by atoms with E-state index >= 15 is 0 Å². The van der Waals surface area contributed by atoms with Gasteiger partial charge in [-0.1, -0.05) is 60.7 Å². The van der Waals surface area contributed by atoms with Crippen LogP contribution in [0.25, 0.3) is 5.57 Å². The molecule has 0 aliphatic heterocycles. The Labute approximate surface area is 185 Å². The van der Waals surface area contributed by atoms with Crippen LogP contribution < -0.4 is 0 Å². The number of hydrogen-bond acceptors (Lipinski definition) is 2. The van der Waals surface area contributed by atoms with E-state index in [0.29, 0.717) is 12.0 Å². The van der Waals surface area contributed by atoms with Gasteiger partial charge in [0.1, 0.15) is 0 Å². The molecule has 0 amide bonds. The maximum Gasteiger partial charge on any atom is 0.336 e. The van der Waals surface area contributed by atoms with Crippen molar-refractivity contribution in [2.24, 2.45) is 0 Å². The first-order valence-electron chi connectivity index (χ1n) is 6.88. The minimum Gasteiger partial charge on any atom is -0.478 e. The molecular weight excluding hydrogens is 326 g/mol. The van der Waals surface area contributed by atoms with Crippen molar-refractivity contribution in [3.8, 4) is 0 Å². The fourth-order valence-corrected chi connectivity index (χ4v) is 2.28. The fourth-order valence-electron chi connectivity index (χ4n) is 2.28. The Morgan fingerprint density at radius 2 is 1.25 bits per heavy atom. The number of carbonyl (C=O) groups is 2. The Kier molecular flexibility index (Phi) is 11.2. The van der Waals surface area contributed by atoms with Crippen LogP contribution in [0.2, 0.25) is 0 Å². The fraction of sp³-hybridized carbons (Fsp3) is 0.111. The van der Waals surface area contributed by atoms with Crippen molar-refractivity contribution in [1.82, 2.24) is 0 Å². The van der Waals surface area contributed by atoms with E-state index in [1.807, 2.05) is 30.3 Å². The van der Waals surface area contributed by atoms with Gasteiger partial charge in [-0.05, 0) is 24.0 Å². The van der Waals surface area contributed by atoms with Crippen LogP contribution in [-0.4, -0.2) is 81.3 Å². The van der Waals surface area contributed by atoms with Crippen LogP contribution in [0.5, 0.6) is 0 Å². The normalized spacial score (nSPS) is 10.7. The summed E-state index contributed by atoms with van der Waals surface area (Å²) < 4.78 is 0. The Hall–Kier alpha value is -0.880. The second-order valence-electron chi connectivity index (χ2n) is 4.82.